The highest BCUT2D eigenvalue weighted by Gasteiger charge is 2.35. The SMILES string of the molecule is CCCCNC(=O)c1ccc(CCN(C(=O)C(=N)C2=CCCS2)C2CCC(C(C)(C)C)CC2)cc1. The van der Waals surface area contributed by atoms with Crippen molar-refractivity contribution in [2.45, 2.75) is 85.1 Å². The maximum absolute atomic E-state index is 13.5. The van der Waals surface area contributed by atoms with Gasteiger partial charge in [-0.05, 0) is 74.0 Å². The molecule has 1 aliphatic heterocycles. The van der Waals surface area contributed by atoms with Crippen LogP contribution in [0, 0.1) is 16.7 Å². The molecule has 0 saturated heterocycles. The number of rotatable bonds is 10. The smallest absolute Gasteiger partial charge is 0.273 e. The van der Waals surface area contributed by atoms with E-state index in [4.69, 9.17) is 5.41 Å². The molecule has 1 fully saturated rings. The van der Waals surface area contributed by atoms with Crippen LogP contribution in [-0.4, -0.2) is 47.3 Å². The first-order valence-electron chi connectivity index (χ1n) is 13.3. The zero-order valence-corrected chi connectivity index (χ0v) is 22.8. The Bertz CT molecular complexity index is 909. The number of hydrogen-bond donors (Lipinski definition) is 2. The van der Waals surface area contributed by atoms with Gasteiger partial charge in [0.05, 0.1) is 0 Å². The quantitative estimate of drug-likeness (QED) is 0.297. The first kappa shape index (κ1) is 27.5. The van der Waals surface area contributed by atoms with Gasteiger partial charge >= 0.3 is 0 Å². The average Bonchev–Trinajstić information content (AvgIpc) is 3.39. The van der Waals surface area contributed by atoms with Crippen LogP contribution in [0.25, 0.3) is 0 Å². The number of benzene rings is 1. The van der Waals surface area contributed by atoms with Crippen molar-refractivity contribution in [3.05, 3.63) is 46.4 Å². The largest absolute Gasteiger partial charge is 0.352 e. The van der Waals surface area contributed by atoms with Gasteiger partial charge < -0.3 is 10.2 Å². The molecule has 2 N–H and O–H groups in total. The lowest BCUT2D eigenvalue weighted by Crippen LogP contribution is -2.47. The van der Waals surface area contributed by atoms with E-state index in [-0.39, 0.29) is 23.6 Å². The molecule has 1 aromatic rings. The molecule has 0 spiro atoms. The minimum atomic E-state index is -0.128. The second kappa shape index (κ2) is 12.8. The summed E-state index contributed by atoms with van der Waals surface area (Å²) in [5.74, 6) is 1.48. The summed E-state index contributed by atoms with van der Waals surface area (Å²) >= 11 is 1.62. The predicted octanol–water partition coefficient (Wildman–Crippen LogP) is 6.23. The van der Waals surface area contributed by atoms with Crippen molar-refractivity contribution in [3.8, 4) is 0 Å². The van der Waals surface area contributed by atoms with Gasteiger partial charge in [-0.3, -0.25) is 15.0 Å². The van der Waals surface area contributed by atoms with Crippen LogP contribution in [0.2, 0.25) is 0 Å². The zero-order chi connectivity index (χ0) is 25.4. The Morgan fingerprint density at radius 2 is 1.80 bits per heavy atom. The molecule has 2 amide bonds. The van der Waals surface area contributed by atoms with Gasteiger partial charge in [0.15, 0.2) is 0 Å². The summed E-state index contributed by atoms with van der Waals surface area (Å²) in [4.78, 5) is 28.6. The van der Waals surface area contributed by atoms with E-state index < -0.39 is 0 Å². The van der Waals surface area contributed by atoms with Gasteiger partial charge in [-0.25, -0.2) is 0 Å². The molecule has 0 radical (unpaired) electrons. The minimum Gasteiger partial charge on any atom is -0.352 e. The fourth-order valence-corrected chi connectivity index (χ4v) is 6.02. The van der Waals surface area contributed by atoms with Crippen molar-refractivity contribution in [1.82, 2.24) is 10.2 Å². The summed E-state index contributed by atoms with van der Waals surface area (Å²) in [5.41, 5.74) is 2.23. The second-order valence-electron chi connectivity index (χ2n) is 11.0. The molecule has 192 valence electrons. The summed E-state index contributed by atoms with van der Waals surface area (Å²) in [6, 6.07) is 7.93. The van der Waals surface area contributed by atoms with E-state index in [0.29, 0.717) is 30.0 Å². The number of nitrogens with one attached hydrogen (secondary N) is 2. The third kappa shape index (κ3) is 7.70. The molecule has 0 bridgehead atoms. The number of hydrogen-bond acceptors (Lipinski definition) is 4. The lowest BCUT2D eigenvalue weighted by atomic mass is 9.71. The molecule has 1 saturated carbocycles. The number of thioether (sulfide) groups is 1. The van der Waals surface area contributed by atoms with Gasteiger partial charge in [-0.2, -0.15) is 0 Å². The molecule has 35 heavy (non-hydrogen) atoms. The van der Waals surface area contributed by atoms with E-state index in [1.807, 2.05) is 35.2 Å². The average molecular weight is 498 g/mol. The van der Waals surface area contributed by atoms with Crippen LogP contribution in [0.4, 0.5) is 0 Å². The van der Waals surface area contributed by atoms with Gasteiger partial charge in [0.2, 0.25) is 0 Å². The molecule has 0 aromatic heterocycles. The van der Waals surface area contributed by atoms with Gasteiger partial charge in [0.1, 0.15) is 5.71 Å². The summed E-state index contributed by atoms with van der Waals surface area (Å²) in [6.45, 7) is 10.4. The van der Waals surface area contributed by atoms with Crippen molar-refractivity contribution >= 4 is 29.3 Å². The number of carbonyl (C=O) groups is 2. The highest BCUT2D eigenvalue weighted by atomic mass is 32.2. The summed E-state index contributed by atoms with van der Waals surface area (Å²) in [7, 11) is 0. The molecule has 0 unspecified atom stereocenters. The number of carbonyl (C=O) groups excluding carboxylic acids is 2. The van der Waals surface area contributed by atoms with E-state index >= 15 is 0 Å². The standard InChI is InChI=1S/C29H43N3O2S/c1-5-6-18-31-27(33)22-11-9-21(10-12-22)17-19-32(28(34)26(30)25-8-7-20-35-25)24-15-13-23(14-16-24)29(2,3)4/h8-12,23-24,30H,5-7,13-20H2,1-4H3,(H,31,33). The van der Waals surface area contributed by atoms with E-state index in [1.165, 1.54) is 0 Å². The van der Waals surface area contributed by atoms with Crippen LogP contribution in [0.15, 0.2) is 35.2 Å². The Balaban J connectivity index is 1.66. The monoisotopic (exact) mass is 497 g/mol. The van der Waals surface area contributed by atoms with E-state index in [2.05, 4.69) is 33.0 Å². The predicted molar refractivity (Wildman–Crippen MR) is 147 cm³/mol. The van der Waals surface area contributed by atoms with Crippen molar-refractivity contribution in [2.24, 2.45) is 11.3 Å². The number of allylic oxidation sites excluding steroid dienone is 1. The van der Waals surface area contributed by atoms with Crippen molar-refractivity contribution < 1.29 is 9.59 Å². The zero-order valence-electron chi connectivity index (χ0n) is 22.0. The highest BCUT2D eigenvalue weighted by Crippen LogP contribution is 2.39. The third-order valence-corrected chi connectivity index (χ3v) is 8.58. The van der Waals surface area contributed by atoms with E-state index in [1.54, 1.807) is 11.8 Å². The minimum absolute atomic E-state index is 0.0341. The molecule has 1 aromatic carbocycles. The van der Waals surface area contributed by atoms with Gasteiger partial charge in [0.25, 0.3) is 11.8 Å². The Kier molecular flexibility index (Phi) is 10.0. The molecule has 3 rings (SSSR count). The van der Waals surface area contributed by atoms with Gasteiger partial charge in [0, 0.05) is 35.4 Å². The summed E-state index contributed by atoms with van der Waals surface area (Å²) in [6.07, 6.45) is 10.00. The second-order valence-corrected chi connectivity index (χ2v) is 12.1. The van der Waals surface area contributed by atoms with Crippen LogP contribution in [0.5, 0.6) is 0 Å². The van der Waals surface area contributed by atoms with Crippen LogP contribution in [0.1, 0.15) is 88.6 Å². The topological polar surface area (TPSA) is 73.3 Å². The fraction of sp³-hybridized carbons (Fsp3) is 0.621. The third-order valence-electron chi connectivity index (χ3n) is 7.46. The Labute approximate surface area is 216 Å². The van der Waals surface area contributed by atoms with E-state index in [0.717, 1.165) is 67.6 Å². The van der Waals surface area contributed by atoms with Gasteiger partial charge in [-0.1, -0.05) is 52.3 Å². The number of unbranched alkanes of at least 4 members (excludes halogenated alkanes) is 1. The van der Waals surface area contributed by atoms with Crippen molar-refractivity contribution in [3.63, 3.8) is 0 Å². The van der Waals surface area contributed by atoms with Crippen LogP contribution >= 0.6 is 11.8 Å². The fourth-order valence-electron chi connectivity index (χ4n) is 5.10. The molecule has 2 aliphatic rings. The Morgan fingerprint density at radius 3 is 2.37 bits per heavy atom. The maximum atomic E-state index is 13.5. The van der Waals surface area contributed by atoms with Crippen LogP contribution < -0.4 is 5.32 Å². The molecule has 5 nitrogen and oxygen atoms in total. The lowest BCUT2D eigenvalue weighted by Gasteiger charge is -2.41. The van der Waals surface area contributed by atoms with Crippen molar-refractivity contribution in [2.75, 3.05) is 18.8 Å². The summed E-state index contributed by atoms with van der Waals surface area (Å²) < 4.78 is 0. The van der Waals surface area contributed by atoms with E-state index in [9.17, 15) is 9.59 Å². The summed E-state index contributed by atoms with van der Waals surface area (Å²) in [5, 5.41) is 11.5. The molecule has 1 heterocycles. The maximum Gasteiger partial charge on any atom is 0.273 e. The van der Waals surface area contributed by atoms with Crippen molar-refractivity contribution in [1.29, 1.82) is 5.41 Å². The molecular weight excluding hydrogens is 454 g/mol. The Hall–Kier alpha value is -2.08. The highest BCUT2D eigenvalue weighted by molar-refractivity contribution is 8.04. The first-order valence-corrected chi connectivity index (χ1v) is 14.3. The van der Waals surface area contributed by atoms with Gasteiger partial charge in [-0.15, -0.1) is 11.8 Å². The Morgan fingerprint density at radius 1 is 1.11 bits per heavy atom. The first-order chi connectivity index (χ1) is 16.7. The number of amides is 2. The lowest BCUT2D eigenvalue weighted by molar-refractivity contribution is -0.127. The molecule has 6 heteroatoms. The molecular formula is C29H43N3O2S. The normalized spacial score (nSPS) is 20.3. The molecule has 1 aliphatic carbocycles. The van der Waals surface area contributed by atoms with Crippen LogP contribution in [-0.2, 0) is 11.2 Å². The number of nitrogens with zero attached hydrogens (tertiary/aromatic N) is 1. The van der Waals surface area contributed by atoms with Crippen LogP contribution in [0.3, 0.4) is 0 Å². The molecule has 0 atom stereocenters.